The summed E-state index contributed by atoms with van der Waals surface area (Å²) in [4.78, 5) is 0. The van der Waals surface area contributed by atoms with Crippen molar-refractivity contribution >= 4 is 11.1 Å². The van der Waals surface area contributed by atoms with Crippen molar-refractivity contribution in [2.24, 2.45) is 0 Å². The Bertz CT molecular complexity index is 1450. The van der Waals surface area contributed by atoms with Crippen LogP contribution >= 0.6 is 0 Å². The molecule has 0 N–H and O–H groups in total. The molecule has 0 aliphatic heterocycles. The minimum absolute atomic E-state index is 0.987. The number of benzene rings is 4. The topological polar surface area (TPSA) is 0 Å². The van der Waals surface area contributed by atoms with Gasteiger partial charge in [0.15, 0.2) is 0 Å². The second-order valence-corrected chi connectivity index (χ2v) is 8.76. The largest absolute Gasteiger partial charge is 0.0620 e. The van der Waals surface area contributed by atoms with Gasteiger partial charge in [0.1, 0.15) is 0 Å². The zero-order valence-corrected chi connectivity index (χ0v) is 21.2. The van der Waals surface area contributed by atoms with Gasteiger partial charge >= 0.3 is 0 Å². The Kier molecular flexibility index (Phi) is 7.89. The van der Waals surface area contributed by atoms with Gasteiger partial charge in [0.2, 0.25) is 0 Å². The maximum Gasteiger partial charge on any atom is 0.0405 e. The summed E-state index contributed by atoms with van der Waals surface area (Å²) in [7, 11) is 0. The van der Waals surface area contributed by atoms with Gasteiger partial charge in [-0.15, -0.1) is 0 Å². The van der Waals surface area contributed by atoms with E-state index >= 15 is 0 Å². The quantitative estimate of drug-likeness (QED) is 0.267. The molecule has 0 saturated carbocycles. The molecule has 0 radical (unpaired) electrons. The van der Waals surface area contributed by atoms with E-state index in [1.54, 1.807) is 0 Å². The fourth-order valence-electron chi connectivity index (χ4n) is 4.22. The molecular weight excluding hydrogens is 432 g/mol. The maximum atomic E-state index is 3.32. The van der Waals surface area contributed by atoms with Crippen LogP contribution in [0.3, 0.4) is 0 Å². The van der Waals surface area contributed by atoms with Crippen molar-refractivity contribution in [1.29, 1.82) is 0 Å². The second kappa shape index (κ2) is 11.6. The van der Waals surface area contributed by atoms with Crippen LogP contribution in [0.25, 0.3) is 11.1 Å². The molecular formula is C36H28. The molecule has 0 spiro atoms. The highest BCUT2D eigenvalue weighted by atomic mass is 14.1. The summed E-state index contributed by atoms with van der Waals surface area (Å²) in [6, 6.07) is 33.3. The molecule has 0 aromatic heterocycles. The van der Waals surface area contributed by atoms with Gasteiger partial charge in [-0.3, -0.25) is 0 Å². The van der Waals surface area contributed by atoms with Crippen molar-refractivity contribution in [3.63, 3.8) is 0 Å². The lowest BCUT2D eigenvalue weighted by Crippen LogP contribution is -1.92. The standard InChI is InChI=1S/C36H28/c1-27-17-9-13-21-31(27)35(32-22-14-10-18-28(32)2)25-7-5-6-8-26-36(33-23-15-11-19-29(33)3)34-24-16-12-20-30(34)4/h9-24H,1-4H3. The number of hydrogen-bond acceptors (Lipinski definition) is 0. The van der Waals surface area contributed by atoms with Crippen molar-refractivity contribution in [3.05, 3.63) is 176 Å². The summed E-state index contributed by atoms with van der Waals surface area (Å²) in [6.07, 6.45) is 0. The van der Waals surface area contributed by atoms with E-state index in [1.807, 2.05) is 48.5 Å². The van der Waals surface area contributed by atoms with Crippen LogP contribution < -0.4 is 0 Å². The minimum Gasteiger partial charge on any atom is -0.0620 e. The minimum atomic E-state index is 0.987. The first-order valence-electron chi connectivity index (χ1n) is 12.1. The van der Waals surface area contributed by atoms with E-state index in [1.165, 1.54) is 22.3 Å². The fraction of sp³-hybridized carbons (Fsp3) is 0.111. The van der Waals surface area contributed by atoms with Gasteiger partial charge in [-0.1, -0.05) is 109 Å². The van der Waals surface area contributed by atoms with Gasteiger partial charge in [0.05, 0.1) is 0 Å². The van der Waals surface area contributed by atoms with Crippen molar-refractivity contribution in [1.82, 2.24) is 0 Å². The first-order chi connectivity index (χ1) is 17.6. The molecule has 0 heteroatoms. The van der Waals surface area contributed by atoms with Crippen LogP contribution in [0.15, 0.2) is 131 Å². The zero-order chi connectivity index (χ0) is 25.3. The van der Waals surface area contributed by atoms with Crippen LogP contribution in [0, 0.1) is 27.7 Å². The molecule has 4 aromatic carbocycles. The van der Waals surface area contributed by atoms with Gasteiger partial charge in [-0.05, 0) is 95.1 Å². The van der Waals surface area contributed by atoms with Crippen molar-refractivity contribution in [2.75, 3.05) is 0 Å². The van der Waals surface area contributed by atoms with E-state index in [9.17, 15) is 0 Å². The molecule has 0 aliphatic carbocycles. The molecule has 0 nitrogen and oxygen atoms in total. The molecule has 0 saturated heterocycles. The molecule has 0 bridgehead atoms. The molecule has 0 aliphatic rings. The predicted molar refractivity (Wildman–Crippen MR) is 151 cm³/mol. The third kappa shape index (κ3) is 5.68. The monoisotopic (exact) mass is 460 g/mol. The molecule has 36 heavy (non-hydrogen) atoms. The van der Waals surface area contributed by atoms with Crippen LogP contribution in [0.4, 0.5) is 0 Å². The first kappa shape index (κ1) is 24.4. The average Bonchev–Trinajstić information content (AvgIpc) is 2.88. The zero-order valence-electron chi connectivity index (χ0n) is 21.2. The number of hydrogen-bond donors (Lipinski definition) is 0. The van der Waals surface area contributed by atoms with E-state index in [-0.39, 0.29) is 0 Å². The van der Waals surface area contributed by atoms with Gasteiger partial charge in [0.25, 0.3) is 0 Å². The van der Waals surface area contributed by atoms with E-state index in [0.29, 0.717) is 0 Å². The first-order valence-corrected chi connectivity index (χ1v) is 12.1. The Labute approximate surface area is 214 Å². The van der Waals surface area contributed by atoms with Crippen LogP contribution in [-0.2, 0) is 0 Å². The molecule has 4 aromatic rings. The van der Waals surface area contributed by atoms with E-state index in [4.69, 9.17) is 0 Å². The molecule has 0 heterocycles. The van der Waals surface area contributed by atoms with E-state index < -0.39 is 0 Å². The highest BCUT2D eigenvalue weighted by molar-refractivity contribution is 5.83. The SMILES string of the molecule is Cc1ccccc1C(=C=C=C=C=C=C=C(c1ccccc1C)c1ccccc1C)c1ccccc1C. The summed E-state index contributed by atoms with van der Waals surface area (Å²) >= 11 is 0. The Morgan fingerprint density at radius 1 is 0.361 bits per heavy atom. The Morgan fingerprint density at radius 3 is 0.861 bits per heavy atom. The summed E-state index contributed by atoms with van der Waals surface area (Å²) < 4.78 is 0. The third-order valence-corrected chi connectivity index (χ3v) is 6.22. The van der Waals surface area contributed by atoms with Gasteiger partial charge in [-0.25, -0.2) is 0 Å². The van der Waals surface area contributed by atoms with Crippen LogP contribution in [0.1, 0.15) is 44.5 Å². The van der Waals surface area contributed by atoms with Crippen LogP contribution in [-0.4, -0.2) is 0 Å². The Hall–Kier alpha value is -4.70. The molecule has 4 rings (SSSR count). The summed E-state index contributed by atoms with van der Waals surface area (Å²) in [6.45, 7) is 8.45. The van der Waals surface area contributed by atoms with Crippen LogP contribution in [0.5, 0.6) is 0 Å². The lowest BCUT2D eigenvalue weighted by Gasteiger charge is -2.10. The number of aryl methyl sites for hydroxylation is 4. The lowest BCUT2D eigenvalue weighted by molar-refractivity contribution is 1.38. The lowest BCUT2D eigenvalue weighted by atomic mass is 9.92. The third-order valence-electron chi connectivity index (χ3n) is 6.22. The van der Waals surface area contributed by atoms with E-state index in [0.717, 1.165) is 33.4 Å². The summed E-state index contributed by atoms with van der Waals surface area (Å²) in [5.41, 5.74) is 29.9. The Balaban J connectivity index is 1.97. The highest BCUT2D eigenvalue weighted by Crippen LogP contribution is 2.28. The maximum absolute atomic E-state index is 3.32. The fourth-order valence-corrected chi connectivity index (χ4v) is 4.22. The normalized spacial score (nSPS) is 9.56. The van der Waals surface area contributed by atoms with Gasteiger partial charge < -0.3 is 0 Å². The molecule has 0 atom stereocenters. The molecule has 0 unspecified atom stereocenters. The van der Waals surface area contributed by atoms with Crippen molar-refractivity contribution < 1.29 is 0 Å². The molecule has 0 fully saturated rings. The molecule has 0 amide bonds. The average molecular weight is 461 g/mol. The van der Waals surface area contributed by atoms with Crippen LogP contribution in [0.2, 0.25) is 0 Å². The van der Waals surface area contributed by atoms with E-state index in [2.05, 4.69) is 111 Å². The van der Waals surface area contributed by atoms with Gasteiger partial charge in [0, 0.05) is 11.1 Å². The smallest absolute Gasteiger partial charge is 0.0405 e. The molecule has 172 valence electrons. The summed E-state index contributed by atoms with van der Waals surface area (Å²) in [5.74, 6) is 0. The predicted octanol–water partition coefficient (Wildman–Crippen LogP) is 8.86. The summed E-state index contributed by atoms with van der Waals surface area (Å²) in [5, 5.41) is 0. The van der Waals surface area contributed by atoms with Crippen molar-refractivity contribution in [2.45, 2.75) is 27.7 Å². The number of rotatable bonds is 4. The highest BCUT2D eigenvalue weighted by Gasteiger charge is 2.10. The van der Waals surface area contributed by atoms with Crippen molar-refractivity contribution in [3.8, 4) is 0 Å². The second-order valence-electron chi connectivity index (χ2n) is 8.76. The van der Waals surface area contributed by atoms with Gasteiger partial charge in [-0.2, -0.15) is 0 Å². The Morgan fingerprint density at radius 2 is 0.611 bits per heavy atom.